The molecule has 0 saturated heterocycles. The third kappa shape index (κ3) is 5.94. The molecule has 1 aromatic carbocycles. The minimum Gasteiger partial charge on any atom is -0.492 e. The maximum atomic E-state index is 11.8. The van der Waals surface area contributed by atoms with E-state index in [1.165, 1.54) is 0 Å². The molecular formula is C14H21ClN2O2. The van der Waals surface area contributed by atoms with Crippen LogP contribution in [0.15, 0.2) is 24.3 Å². The first-order valence-electron chi connectivity index (χ1n) is 6.40. The molecule has 0 radical (unpaired) electrons. The second-order valence-electron chi connectivity index (χ2n) is 4.49. The molecule has 1 atom stereocenters. The summed E-state index contributed by atoms with van der Waals surface area (Å²) in [5.41, 5.74) is 5.75. The Bertz CT molecular complexity index is 412. The number of carbonyl (C=O) groups excluding carboxylic acids is 1. The third-order valence-electron chi connectivity index (χ3n) is 2.88. The Balaban J connectivity index is 2.30. The minimum absolute atomic E-state index is 0.0454. The van der Waals surface area contributed by atoms with Crippen molar-refractivity contribution < 1.29 is 9.53 Å². The molecule has 4 nitrogen and oxygen atoms in total. The normalized spacial score (nSPS) is 12.0. The van der Waals surface area contributed by atoms with E-state index in [9.17, 15) is 4.79 Å². The average Bonchev–Trinajstić information content (AvgIpc) is 2.38. The lowest BCUT2D eigenvalue weighted by Gasteiger charge is -2.19. The van der Waals surface area contributed by atoms with E-state index in [1.54, 1.807) is 24.1 Å². The fourth-order valence-electron chi connectivity index (χ4n) is 1.51. The second kappa shape index (κ2) is 8.02. The molecule has 106 valence electrons. The summed E-state index contributed by atoms with van der Waals surface area (Å²) in [6.07, 6.45) is 1.18. The van der Waals surface area contributed by atoms with Gasteiger partial charge < -0.3 is 15.4 Å². The smallest absolute Gasteiger partial charge is 0.223 e. The predicted molar refractivity (Wildman–Crippen MR) is 77.5 cm³/mol. The molecule has 0 heterocycles. The lowest BCUT2D eigenvalue weighted by Crippen LogP contribution is -2.35. The van der Waals surface area contributed by atoms with Crippen LogP contribution in [0, 0.1) is 0 Å². The van der Waals surface area contributed by atoms with Gasteiger partial charge in [0.2, 0.25) is 5.91 Å². The largest absolute Gasteiger partial charge is 0.492 e. The summed E-state index contributed by atoms with van der Waals surface area (Å²) in [5, 5.41) is 0.635. The Kier molecular flexibility index (Phi) is 6.67. The number of ether oxygens (including phenoxy) is 1. The van der Waals surface area contributed by atoms with Crippen molar-refractivity contribution in [3.8, 4) is 5.75 Å². The van der Waals surface area contributed by atoms with Crippen LogP contribution in [0.4, 0.5) is 0 Å². The highest BCUT2D eigenvalue weighted by Gasteiger charge is 2.12. The van der Waals surface area contributed by atoms with E-state index in [2.05, 4.69) is 0 Å². The van der Waals surface area contributed by atoms with Crippen molar-refractivity contribution in [3.05, 3.63) is 29.3 Å². The van der Waals surface area contributed by atoms with E-state index in [4.69, 9.17) is 22.1 Å². The minimum atomic E-state index is -0.0659. The van der Waals surface area contributed by atoms with E-state index >= 15 is 0 Å². The van der Waals surface area contributed by atoms with Crippen LogP contribution in [0.1, 0.15) is 19.8 Å². The molecule has 0 aliphatic heterocycles. The molecule has 1 unspecified atom stereocenters. The molecule has 0 aromatic heterocycles. The Hall–Kier alpha value is -1.26. The van der Waals surface area contributed by atoms with Gasteiger partial charge in [-0.3, -0.25) is 4.79 Å². The number of halogens is 1. The molecular weight excluding hydrogens is 264 g/mol. The van der Waals surface area contributed by atoms with Gasteiger partial charge in [0, 0.05) is 24.5 Å². The van der Waals surface area contributed by atoms with Crippen molar-refractivity contribution >= 4 is 17.5 Å². The number of amides is 1. The highest BCUT2D eigenvalue weighted by molar-refractivity contribution is 6.30. The standard InChI is InChI=1S/C14H21ClN2O2/c1-3-12(16)10-14(18)17(2)7-8-19-13-6-4-5-11(15)9-13/h4-6,9,12H,3,7-8,10,16H2,1-2H3. The van der Waals surface area contributed by atoms with Gasteiger partial charge in [-0.05, 0) is 24.6 Å². The quantitative estimate of drug-likeness (QED) is 0.836. The summed E-state index contributed by atoms with van der Waals surface area (Å²) < 4.78 is 5.53. The van der Waals surface area contributed by atoms with E-state index in [0.29, 0.717) is 30.3 Å². The van der Waals surface area contributed by atoms with Gasteiger partial charge >= 0.3 is 0 Å². The van der Waals surface area contributed by atoms with Crippen LogP contribution in [0.5, 0.6) is 5.75 Å². The van der Waals surface area contributed by atoms with Gasteiger partial charge in [0.1, 0.15) is 12.4 Å². The molecule has 1 rings (SSSR count). The van der Waals surface area contributed by atoms with Gasteiger partial charge in [-0.2, -0.15) is 0 Å². The van der Waals surface area contributed by atoms with E-state index in [1.807, 2.05) is 19.1 Å². The maximum absolute atomic E-state index is 11.8. The van der Waals surface area contributed by atoms with Gasteiger partial charge in [-0.15, -0.1) is 0 Å². The zero-order chi connectivity index (χ0) is 14.3. The van der Waals surface area contributed by atoms with Gasteiger partial charge in [-0.1, -0.05) is 24.6 Å². The predicted octanol–water partition coefficient (Wildman–Crippen LogP) is 2.30. The average molecular weight is 285 g/mol. The number of likely N-dealkylation sites (N-methyl/N-ethyl adjacent to an activating group) is 1. The molecule has 0 fully saturated rings. The van der Waals surface area contributed by atoms with Gasteiger partial charge in [0.05, 0.1) is 6.54 Å². The Morgan fingerprint density at radius 3 is 2.89 bits per heavy atom. The van der Waals surface area contributed by atoms with Crippen LogP contribution >= 0.6 is 11.6 Å². The van der Waals surface area contributed by atoms with Crippen LogP contribution < -0.4 is 10.5 Å². The molecule has 1 amide bonds. The van der Waals surface area contributed by atoms with Crippen LogP contribution in [-0.2, 0) is 4.79 Å². The number of nitrogens with two attached hydrogens (primary N) is 1. The number of hydrogen-bond donors (Lipinski definition) is 1. The molecule has 0 spiro atoms. The number of nitrogens with zero attached hydrogens (tertiary/aromatic N) is 1. The van der Waals surface area contributed by atoms with Crippen molar-refractivity contribution in [1.82, 2.24) is 4.90 Å². The molecule has 5 heteroatoms. The van der Waals surface area contributed by atoms with E-state index in [0.717, 1.165) is 6.42 Å². The lowest BCUT2D eigenvalue weighted by molar-refractivity contribution is -0.130. The fraction of sp³-hybridized carbons (Fsp3) is 0.500. The SMILES string of the molecule is CCC(N)CC(=O)N(C)CCOc1cccc(Cl)c1. The van der Waals surface area contributed by atoms with E-state index < -0.39 is 0 Å². The number of benzene rings is 1. The van der Waals surface area contributed by atoms with Gasteiger partial charge in [0.15, 0.2) is 0 Å². The number of rotatable bonds is 7. The Labute approximate surface area is 119 Å². The van der Waals surface area contributed by atoms with Crippen molar-refractivity contribution in [1.29, 1.82) is 0 Å². The summed E-state index contributed by atoms with van der Waals surface area (Å²) in [6.45, 7) is 2.94. The highest BCUT2D eigenvalue weighted by atomic mass is 35.5. The van der Waals surface area contributed by atoms with Crippen LogP contribution in [0.25, 0.3) is 0 Å². The summed E-state index contributed by atoms with van der Waals surface area (Å²) in [4.78, 5) is 13.4. The first-order chi connectivity index (χ1) is 9.02. The Morgan fingerprint density at radius 1 is 1.53 bits per heavy atom. The topological polar surface area (TPSA) is 55.6 Å². The number of hydrogen-bond acceptors (Lipinski definition) is 3. The maximum Gasteiger partial charge on any atom is 0.223 e. The molecule has 0 saturated carbocycles. The van der Waals surface area contributed by atoms with Crippen LogP contribution in [0.2, 0.25) is 5.02 Å². The molecule has 1 aromatic rings. The summed E-state index contributed by atoms with van der Waals surface area (Å²) in [6, 6.07) is 7.13. The zero-order valence-electron chi connectivity index (χ0n) is 11.4. The number of carbonyl (C=O) groups is 1. The van der Waals surface area contributed by atoms with Crippen LogP contribution in [-0.4, -0.2) is 37.0 Å². The van der Waals surface area contributed by atoms with Crippen LogP contribution in [0.3, 0.4) is 0 Å². The lowest BCUT2D eigenvalue weighted by atomic mass is 10.1. The Morgan fingerprint density at radius 2 is 2.26 bits per heavy atom. The molecule has 2 N–H and O–H groups in total. The fourth-order valence-corrected chi connectivity index (χ4v) is 1.69. The second-order valence-corrected chi connectivity index (χ2v) is 4.93. The summed E-state index contributed by atoms with van der Waals surface area (Å²) in [7, 11) is 1.76. The highest BCUT2D eigenvalue weighted by Crippen LogP contribution is 2.16. The van der Waals surface area contributed by atoms with Crippen molar-refractivity contribution in [2.75, 3.05) is 20.2 Å². The molecule has 0 aliphatic carbocycles. The first-order valence-corrected chi connectivity index (χ1v) is 6.78. The summed E-state index contributed by atoms with van der Waals surface area (Å²) >= 11 is 5.85. The summed E-state index contributed by atoms with van der Waals surface area (Å²) in [5.74, 6) is 0.752. The third-order valence-corrected chi connectivity index (χ3v) is 3.11. The first kappa shape index (κ1) is 15.8. The zero-order valence-corrected chi connectivity index (χ0v) is 12.2. The van der Waals surface area contributed by atoms with E-state index in [-0.39, 0.29) is 11.9 Å². The molecule has 0 aliphatic rings. The van der Waals surface area contributed by atoms with Gasteiger partial charge in [-0.25, -0.2) is 0 Å². The van der Waals surface area contributed by atoms with Gasteiger partial charge in [0.25, 0.3) is 0 Å². The molecule has 19 heavy (non-hydrogen) atoms. The van der Waals surface area contributed by atoms with Crippen molar-refractivity contribution in [2.24, 2.45) is 5.73 Å². The monoisotopic (exact) mass is 284 g/mol. The van der Waals surface area contributed by atoms with Crippen molar-refractivity contribution in [3.63, 3.8) is 0 Å². The van der Waals surface area contributed by atoms with Crippen molar-refractivity contribution in [2.45, 2.75) is 25.8 Å². The molecule has 0 bridgehead atoms.